The Morgan fingerprint density at radius 1 is 0.396 bits per heavy atom. The molecule has 0 aliphatic rings. The molecule has 0 amide bonds. The van der Waals surface area contributed by atoms with E-state index in [-0.39, 0.29) is 0 Å². The maximum atomic E-state index is 5.24. The molecule has 10 rings (SSSR count). The van der Waals surface area contributed by atoms with Crippen LogP contribution in [-0.4, -0.2) is 24.1 Å². The summed E-state index contributed by atoms with van der Waals surface area (Å²) in [5.74, 6) is 0.697. The van der Waals surface area contributed by atoms with Gasteiger partial charge in [0.2, 0.25) is 0 Å². The number of rotatable bonds is 4. The molecule has 0 radical (unpaired) electrons. The van der Waals surface area contributed by atoms with Crippen molar-refractivity contribution in [1.82, 2.24) is 24.1 Å². The van der Waals surface area contributed by atoms with Crippen LogP contribution in [0.3, 0.4) is 0 Å². The summed E-state index contributed by atoms with van der Waals surface area (Å²) in [5.41, 5.74) is 11.6. The van der Waals surface area contributed by atoms with Crippen molar-refractivity contribution in [3.63, 3.8) is 0 Å². The molecule has 0 aliphatic carbocycles. The highest BCUT2D eigenvalue weighted by molar-refractivity contribution is 6.10. The number of pyridine rings is 1. The molecular formula is C43H27N5. The summed E-state index contributed by atoms with van der Waals surface area (Å²) >= 11 is 0. The molecule has 4 heterocycles. The van der Waals surface area contributed by atoms with Gasteiger partial charge in [-0.2, -0.15) is 0 Å². The molecule has 0 aliphatic heterocycles. The quantitative estimate of drug-likeness (QED) is 0.198. The summed E-state index contributed by atoms with van der Waals surface area (Å²) in [6.45, 7) is 0. The maximum absolute atomic E-state index is 5.24. The fourth-order valence-electron chi connectivity index (χ4n) is 7.22. The Balaban J connectivity index is 1.13. The molecule has 0 fully saturated rings. The van der Waals surface area contributed by atoms with Gasteiger partial charge >= 0.3 is 0 Å². The SMILES string of the molecule is c1ccc(-n2c3ccc(-c4nc(-c5ccc(-n6c7ccccc7c7ccccc76)cc5)nc5ccccc45)cc3c3ncccc32)cc1. The molecule has 224 valence electrons. The summed E-state index contributed by atoms with van der Waals surface area (Å²) in [6.07, 6.45) is 1.87. The Labute approximate surface area is 276 Å². The normalized spacial score (nSPS) is 11.8. The molecule has 0 N–H and O–H groups in total. The summed E-state index contributed by atoms with van der Waals surface area (Å²) in [7, 11) is 0. The van der Waals surface area contributed by atoms with Gasteiger partial charge in [-0.3, -0.25) is 4.98 Å². The van der Waals surface area contributed by atoms with E-state index in [2.05, 4.69) is 149 Å². The summed E-state index contributed by atoms with van der Waals surface area (Å²) in [6, 6.07) is 55.2. The average Bonchev–Trinajstić information content (AvgIpc) is 3.67. The van der Waals surface area contributed by atoms with E-state index in [9.17, 15) is 0 Å². The number of hydrogen-bond acceptors (Lipinski definition) is 3. The van der Waals surface area contributed by atoms with Crippen LogP contribution in [-0.2, 0) is 0 Å². The molecule has 0 unspecified atom stereocenters. The molecule has 0 atom stereocenters. The van der Waals surface area contributed by atoms with Crippen LogP contribution in [0.25, 0.3) is 88.7 Å². The third kappa shape index (κ3) is 4.01. The first-order valence-electron chi connectivity index (χ1n) is 16.1. The Bertz CT molecular complexity index is 2770. The van der Waals surface area contributed by atoms with Gasteiger partial charge < -0.3 is 9.13 Å². The lowest BCUT2D eigenvalue weighted by Crippen LogP contribution is -1.97. The minimum atomic E-state index is 0.697. The molecule has 0 saturated carbocycles. The minimum Gasteiger partial charge on any atom is -0.309 e. The predicted molar refractivity (Wildman–Crippen MR) is 197 cm³/mol. The zero-order valence-corrected chi connectivity index (χ0v) is 25.8. The van der Waals surface area contributed by atoms with Crippen molar-refractivity contribution in [2.75, 3.05) is 0 Å². The zero-order chi connectivity index (χ0) is 31.6. The van der Waals surface area contributed by atoms with Crippen LogP contribution in [0.2, 0.25) is 0 Å². The Morgan fingerprint density at radius 2 is 0.979 bits per heavy atom. The highest BCUT2D eigenvalue weighted by Crippen LogP contribution is 2.37. The minimum absolute atomic E-state index is 0.697. The van der Waals surface area contributed by atoms with E-state index in [0.717, 1.165) is 61.0 Å². The Kier molecular flexibility index (Phi) is 5.81. The third-order valence-corrected chi connectivity index (χ3v) is 9.37. The van der Waals surface area contributed by atoms with E-state index < -0.39 is 0 Å². The fraction of sp³-hybridized carbons (Fsp3) is 0. The van der Waals surface area contributed by atoms with E-state index >= 15 is 0 Å². The van der Waals surface area contributed by atoms with Crippen LogP contribution in [0.15, 0.2) is 164 Å². The van der Waals surface area contributed by atoms with Crippen molar-refractivity contribution in [2.24, 2.45) is 0 Å². The second-order valence-electron chi connectivity index (χ2n) is 12.1. The van der Waals surface area contributed by atoms with Gasteiger partial charge in [-0.1, -0.05) is 78.9 Å². The summed E-state index contributed by atoms with van der Waals surface area (Å²) < 4.78 is 4.61. The van der Waals surface area contributed by atoms with Crippen molar-refractivity contribution < 1.29 is 0 Å². The Hall–Kier alpha value is -6.59. The zero-order valence-electron chi connectivity index (χ0n) is 25.8. The monoisotopic (exact) mass is 613 g/mol. The summed E-state index contributed by atoms with van der Waals surface area (Å²) in [4.78, 5) is 15.1. The van der Waals surface area contributed by atoms with Gasteiger partial charge in [0.15, 0.2) is 5.82 Å². The third-order valence-electron chi connectivity index (χ3n) is 9.37. The largest absolute Gasteiger partial charge is 0.309 e. The molecule has 6 aromatic carbocycles. The lowest BCUT2D eigenvalue weighted by molar-refractivity contribution is 1.17. The second kappa shape index (κ2) is 10.5. The van der Waals surface area contributed by atoms with Gasteiger partial charge in [0, 0.05) is 50.2 Å². The van der Waals surface area contributed by atoms with Crippen LogP contribution in [0.1, 0.15) is 0 Å². The lowest BCUT2D eigenvalue weighted by atomic mass is 10.0. The van der Waals surface area contributed by atoms with Crippen molar-refractivity contribution in [2.45, 2.75) is 0 Å². The number of fused-ring (bicyclic) bond motifs is 7. The smallest absolute Gasteiger partial charge is 0.160 e. The van der Waals surface area contributed by atoms with Gasteiger partial charge in [-0.15, -0.1) is 0 Å². The molecule has 5 nitrogen and oxygen atoms in total. The molecular weight excluding hydrogens is 587 g/mol. The van der Waals surface area contributed by atoms with Gasteiger partial charge in [-0.05, 0) is 78.9 Å². The van der Waals surface area contributed by atoms with Crippen LogP contribution >= 0.6 is 0 Å². The van der Waals surface area contributed by atoms with Crippen molar-refractivity contribution >= 4 is 54.6 Å². The second-order valence-corrected chi connectivity index (χ2v) is 12.1. The van der Waals surface area contributed by atoms with Gasteiger partial charge in [0.1, 0.15) is 0 Å². The van der Waals surface area contributed by atoms with E-state index in [4.69, 9.17) is 15.0 Å². The Morgan fingerprint density at radius 3 is 1.75 bits per heavy atom. The number of aromatic nitrogens is 5. The van der Waals surface area contributed by atoms with Crippen molar-refractivity contribution in [3.8, 4) is 34.0 Å². The number of nitrogens with zero attached hydrogens (tertiary/aromatic N) is 5. The maximum Gasteiger partial charge on any atom is 0.160 e. The lowest BCUT2D eigenvalue weighted by Gasteiger charge is -2.12. The summed E-state index contributed by atoms with van der Waals surface area (Å²) in [5, 5.41) is 4.60. The molecule has 0 spiro atoms. The first kappa shape index (κ1) is 26.6. The first-order chi connectivity index (χ1) is 23.8. The van der Waals surface area contributed by atoms with Gasteiger partial charge in [-0.25, -0.2) is 9.97 Å². The van der Waals surface area contributed by atoms with Crippen molar-refractivity contribution in [3.05, 3.63) is 164 Å². The molecule has 0 saturated heterocycles. The predicted octanol–water partition coefficient (Wildman–Crippen LogP) is 10.6. The standard InChI is InChI=1S/C43H27N5/c1-2-11-30(12-3-1)48-39-25-22-29(27-35(39)42-40(48)19-10-26-44-42)41-34-15-4-7-16-36(34)45-43(46-41)28-20-23-31(24-21-28)47-37-17-8-5-13-32(37)33-14-6-9-18-38(33)47/h1-27H. The molecule has 5 heteroatoms. The molecule has 4 aromatic heterocycles. The van der Waals surface area contributed by atoms with E-state index in [0.29, 0.717) is 5.82 Å². The average molecular weight is 614 g/mol. The number of hydrogen-bond donors (Lipinski definition) is 0. The highest BCUT2D eigenvalue weighted by atomic mass is 15.0. The van der Waals surface area contributed by atoms with E-state index in [1.807, 2.05) is 24.4 Å². The van der Waals surface area contributed by atoms with Gasteiger partial charge in [0.05, 0.1) is 38.8 Å². The van der Waals surface area contributed by atoms with Crippen LogP contribution in [0, 0.1) is 0 Å². The highest BCUT2D eigenvalue weighted by Gasteiger charge is 2.17. The molecule has 10 aromatic rings. The topological polar surface area (TPSA) is 48.5 Å². The van der Waals surface area contributed by atoms with Crippen molar-refractivity contribution in [1.29, 1.82) is 0 Å². The van der Waals surface area contributed by atoms with Gasteiger partial charge in [0.25, 0.3) is 0 Å². The first-order valence-corrected chi connectivity index (χ1v) is 16.1. The van der Waals surface area contributed by atoms with E-state index in [1.165, 1.54) is 21.8 Å². The number of para-hydroxylation sites is 4. The van der Waals surface area contributed by atoms with Crippen LogP contribution < -0.4 is 0 Å². The van der Waals surface area contributed by atoms with Crippen LogP contribution in [0.5, 0.6) is 0 Å². The fourth-order valence-corrected chi connectivity index (χ4v) is 7.22. The molecule has 0 bridgehead atoms. The van der Waals surface area contributed by atoms with E-state index in [1.54, 1.807) is 0 Å². The van der Waals surface area contributed by atoms with Crippen LogP contribution in [0.4, 0.5) is 0 Å². The number of benzene rings is 6. The molecule has 48 heavy (non-hydrogen) atoms.